The van der Waals surface area contributed by atoms with Gasteiger partial charge in [-0.1, -0.05) is 18.2 Å². The number of imidazole rings is 1. The van der Waals surface area contributed by atoms with E-state index in [0.717, 1.165) is 11.3 Å². The van der Waals surface area contributed by atoms with Crippen molar-refractivity contribution in [1.29, 1.82) is 0 Å². The van der Waals surface area contributed by atoms with Gasteiger partial charge in [-0.2, -0.15) is 9.49 Å². The predicted molar refractivity (Wildman–Crippen MR) is 150 cm³/mol. The van der Waals surface area contributed by atoms with Gasteiger partial charge in [0.05, 0.1) is 33.2 Å². The zero-order chi connectivity index (χ0) is 27.2. The number of thiophene rings is 1. The monoisotopic (exact) mass is 549 g/mol. The maximum Gasteiger partial charge on any atom is 0.255 e. The van der Waals surface area contributed by atoms with Gasteiger partial charge in [0, 0.05) is 29.1 Å². The van der Waals surface area contributed by atoms with Gasteiger partial charge in [-0.05, 0) is 48.5 Å². The topological polar surface area (TPSA) is 112 Å². The van der Waals surface area contributed by atoms with Gasteiger partial charge in [-0.15, -0.1) is 11.3 Å². The van der Waals surface area contributed by atoms with Crippen LogP contribution in [0.1, 0.15) is 10.4 Å². The molecule has 11 heteroatoms. The quantitative estimate of drug-likeness (QED) is 0.218. The number of anilines is 1. The van der Waals surface area contributed by atoms with E-state index in [1.807, 2.05) is 6.07 Å². The molecule has 7 aromatic rings. The molecule has 3 N–H and O–H groups in total. The number of hydrogen-bond acceptors (Lipinski definition) is 6. The molecule has 40 heavy (non-hydrogen) atoms. The highest BCUT2D eigenvalue weighted by molar-refractivity contribution is 7.13. The summed E-state index contributed by atoms with van der Waals surface area (Å²) in [5, 5.41) is 9.94. The molecule has 5 heterocycles. The molecule has 0 radical (unpaired) electrons. The summed E-state index contributed by atoms with van der Waals surface area (Å²) in [5.41, 5.74) is 4.17. The van der Waals surface area contributed by atoms with Gasteiger partial charge in [0.25, 0.3) is 5.91 Å². The Labute approximate surface area is 228 Å². The third-order valence-electron chi connectivity index (χ3n) is 6.44. The highest BCUT2D eigenvalue weighted by atomic mass is 32.1. The van der Waals surface area contributed by atoms with Crippen LogP contribution >= 0.6 is 11.3 Å². The lowest BCUT2D eigenvalue weighted by atomic mass is 10.0. The predicted octanol–water partition coefficient (Wildman–Crippen LogP) is 6.82. The number of H-pyrrole nitrogens is 2. The summed E-state index contributed by atoms with van der Waals surface area (Å²) in [4.78, 5) is 29.7. The summed E-state index contributed by atoms with van der Waals surface area (Å²) in [6.45, 7) is 0. The number of aromatic amines is 2. The van der Waals surface area contributed by atoms with Crippen LogP contribution < -0.4 is 5.32 Å². The van der Waals surface area contributed by atoms with Gasteiger partial charge in [-0.3, -0.25) is 19.9 Å². The van der Waals surface area contributed by atoms with E-state index >= 15 is 4.39 Å². The number of hydrogen-bond donors (Lipinski definition) is 3. The average Bonchev–Trinajstić information content (AvgIpc) is 3.72. The molecule has 2 aromatic carbocycles. The third-order valence-corrected chi connectivity index (χ3v) is 7.32. The van der Waals surface area contributed by atoms with Gasteiger partial charge in [0.15, 0.2) is 11.0 Å². The maximum atomic E-state index is 16.1. The summed E-state index contributed by atoms with van der Waals surface area (Å²) in [6, 6.07) is 18.6. The molecule has 1 amide bonds. The molecule has 0 spiro atoms. The van der Waals surface area contributed by atoms with Gasteiger partial charge >= 0.3 is 0 Å². The van der Waals surface area contributed by atoms with Crippen molar-refractivity contribution in [2.45, 2.75) is 0 Å². The fourth-order valence-corrected chi connectivity index (χ4v) is 5.31. The minimum absolute atomic E-state index is 0.243. The van der Waals surface area contributed by atoms with Crippen molar-refractivity contribution in [2.24, 2.45) is 0 Å². The molecule has 8 nitrogen and oxygen atoms in total. The Morgan fingerprint density at radius 1 is 0.925 bits per heavy atom. The van der Waals surface area contributed by atoms with E-state index in [4.69, 9.17) is 0 Å². The maximum absolute atomic E-state index is 16.1. The van der Waals surface area contributed by atoms with Crippen LogP contribution in [0.15, 0.2) is 85.3 Å². The van der Waals surface area contributed by atoms with E-state index in [2.05, 4.69) is 35.5 Å². The van der Waals surface area contributed by atoms with Crippen LogP contribution in [0.3, 0.4) is 0 Å². The van der Waals surface area contributed by atoms with E-state index in [0.29, 0.717) is 49.8 Å². The SMILES string of the molecule is O=C(Nc1cncc(-c2ccc3[nH]nc(-c4nc5c(-c6ccc(F)s6)nccc5[nH]4)c3c2F)c1)c1ccccc1. The van der Waals surface area contributed by atoms with Gasteiger partial charge in [-0.25, -0.2) is 9.37 Å². The molecule has 0 aliphatic heterocycles. The van der Waals surface area contributed by atoms with Crippen LogP contribution in [0.25, 0.3) is 55.2 Å². The highest BCUT2D eigenvalue weighted by Crippen LogP contribution is 2.36. The number of rotatable bonds is 5. The normalized spacial score (nSPS) is 11.3. The summed E-state index contributed by atoms with van der Waals surface area (Å²) in [5.74, 6) is -0.476. The average molecular weight is 550 g/mol. The van der Waals surface area contributed by atoms with E-state index in [1.54, 1.807) is 60.8 Å². The van der Waals surface area contributed by atoms with Crippen molar-refractivity contribution < 1.29 is 13.6 Å². The van der Waals surface area contributed by atoms with E-state index in [1.165, 1.54) is 18.5 Å². The van der Waals surface area contributed by atoms with Crippen molar-refractivity contribution in [1.82, 2.24) is 30.1 Å². The molecule has 7 rings (SSSR count). The number of pyridine rings is 2. The molecule has 0 atom stereocenters. The summed E-state index contributed by atoms with van der Waals surface area (Å²) in [7, 11) is 0. The molecule has 0 fully saturated rings. The minimum Gasteiger partial charge on any atom is -0.336 e. The van der Waals surface area contributed by atoms with Crippen LogP contribution in [0, 0.1) is 10.9 Å². The van der Waals surface area contributed by atoms with Crippen LogP contribution in [-0.4, -0.2) is 36.0 Å². The number of benzene rings is 2. The molecular weight excluding hydrogens is 532 g/mol. The number of amides is 1. The first-order valence-electron chi connectivity index (χ1n) is 12.1. The van der Waals surface area contributed by atoms with Crippen molar-refractivity contribution >= 4 is 44.9 Å². The Morgan fingerprint density at radius 2 is 1.80 bits per heavy atom. The van der Waals surface area contributed by atoms with Crippen molar-refractivity contribution in [3.63, 3.8) is 0 Å². The Kier molecular flexibility index (Phi) is 5.64. The van der Waals surface area contributed by atoms with Gasteiger partial charge < -0.3 is 10.3 Å². The number of aromatic nitrogens is 6. The highest BCUT2D eigenvalue weighted by Gasteiger charge is 2.21. The van der Waals surface area contributed by atoms with E-state index in [-0.39, 0.29) is 27.7 Å². The molecule has 0 aliphatic carbocycles. The number of fused-ring (bicyclic) bond motifs is 2. The van der Waals surface area contributed by atoms with Crippen LogP contribution in [0.4, 0.5) is 14.5 Å². The number of carbonyl (C=O) groups excluding carboxylic acids is 1. The van der Waals surface area contributed by atoms with Gasteiger partial charge in [0.1, 0.15) is 22.7 Å². The molecule has 0 bridgehead atoms. The number of carbonyl (C=O) groups is 1. The van der Waals surface area contributed by atoms with Crippen LogP contribution in [-0.2, 0) is 0 Å². The molecule has 194 valence electrons. The number of nitrogens with zero attached hydrogens (tertiary/aromatic N) is 4. The Hall–Kier alpha value is -5.29. The Morgan fingerprint density at radius 3 is 2.62 bits per heavy atom. The van der Waals surface area contributed by atoms with Gasteiger partial charge in [0.2, 0.25) is 0 Å². The lowest BCUT2D eigenvalue weighted by molar-refractivity contribution is 0.102. The first-order chi connectivity index (χ1) is 19.5. The summed E-state index contributed by atoms with van der Waals surface area (Å²) in [6.07, 6.45) is 4.64. The molecule has 0 unspecified atom stereocenters. The standard InChI is InChI=1S/C29H17F2N7OS/c30-22-9-8-21(40-22)26-25-20(10-11-33-26)35-28(36-25)27-23-19(37-38-27)7-6-18(24(23)31)16-12-17(14-32-13-16)34-29(39)15-4-2-1-3-5-15/h1-14H,(H,34,39)(H,35,36)(H,37,38). The molecule has 0 saturated carbocycles. The van der Waals surface area contributed by atoms with Crippen molar-refractivity contribution in [2.75, 3.05) is 5.32 Å². The molecule has 5 aromatic heterocycles. The van der Waals surface area contributed by atoms with E-state index < -0.39 is 5.82 Å². The first kappa shape index (κ1) is 23.8. The van der Waals surface area contributed by atoms with Crippen LogP contribution in [0.5, 0.6) is 0 Å². The summed E-state index contributed by atoms with van der Waals surface area (Å²) < 4.78 is 29.8. The number of halogens is 2. The third kappa shape index (κ3) is 4.09. The fourth-order valence-electron chi connectivity index (χ4n) is 4.58. The van der Waals surface area contributed by atoms with Crippen molar-refractivity contribution in [3.8, 4) is 33.2 Å². The largest absolute Gasteiger partial charge is 0.336 e. The zero-order valence-corrected chi connectivity index (χ0v) is 21.3. The van der Waals surface area contributed by atoms with E-state index in [9.17, 15) is 9.18 Å². The smallest absolute Gasteiger partial charge is 0.255 e. The Bertz CT molecular complexity index is 2050. The zero-order valence-electron chi connectivity index (χ0n) is 20.4. The second-order valence-corrected chi connectivity index (χ2v) is 9.98. The van der Waals surface area contributed by atoms with Crippen molar-refractivity contribution in [3.05, 3.63) is 102 Å². The Balaban J connectivity index is 1.28. The molecule has 0 aliphatic rings. The van der Waals surface area contributed by atoms with Crippen LogP contribution in [0.2, 0.25) is 0 Å². The second-order valence-electron chi connectivity index (χ2n) is 8.95. The lowest BCUT2D eigenvalue weighted by Gasteiger charge is -2.09. The molecule has 0 saturated heterocycles. The second kappa shape index (κ2) is 9.47. The number of nitrogens with one attached hydrogen (secondary N) is 3. The fraction of sp³-hybridized carbons (Fsp3) is 0. The molecular formula is C29H17F2N7OS. The lowest BCUT2D eigenvalue weighted by Crippen LogP contribution is -2.11. The summed E-state index contributed by atoms with van der Waals surface area (Å²) >= 11 is 0.973. The minimum atomic E-state index is -0.520. The first-order valence-corrected chi connectivity index (χ1v) is 13.0.